The Labute approximate surface area is 132 Å². The first-order valence-corrected chi connectivity index (χ1v) is 6.33. The van der Waals surface area contributed by atoms with Gasteiger partial charge in [0, 0.05) is 6.54 Å². The van der Waals surface area contributed by atoms with Crippen LogP contribution in [-0.4, -0.2) is 25.6 Å². The zero-order valence-electron chi connectivity index (χ0n) is 11.8. The topological polar surface area (TPSA) is 64.3 Å². The van der Waals surface area contributed by atoms with Crippen LogP contribution < -0.4 is 15.8 Å². The highest BCUT2D eigenvalue weighted by Gasteiger charge is 2.32. The molecule has 0 atom stereocenters. The number of halogens is 4. The number of ether oxygens (including phenoxy) is 1. The van der Waals surface area contributed by atoms with Crippen molar-refractivity contribution in [2.24, 2.45) is 5.73 Å². The van der Waals surface area contributed by atoms with Gasteiger partial charge in [-0.2, -0.15) is 13.2 Å². The van der Waals surface area contributed by atoms with Gasteiger partial charge in [0.25, 0.3) is 5.91 Å². The third-order valence-corrected chi connectivity index (χ3v) is 2.57. The normalized spacial score (nSPS) is 10.5. The summed E-state index contributed by atoms with van der Waals surface area (Å²) in [4.78, 5) is 12.0. The van der Waals surface area contributed by atoms with Crippen LogP contribution in [0.5, 0.6) is 5.75 Å². The molecular formula is C14H18ClF3N2O2. The molecule has 0 bridgehead atoms. The number of hydrogen-bond donors (Lipinski definition) is 2. The van der Waals surface area contributed by atoms with Gasteiger partial charge in [-0.3, -0.25) is 4.79 Å². The molecule has 124 valence electrons. The molecule has 8 heteroatoms. The molecule has 0 fully saturated rings. The third kappa shape index (κ3) is 5.95. The number of rotatable bonds is 7. The van der Waals surface area contributed by atoms with Crippen LogP contribution in [0.15, 0.2) is 30.9 Å². The highest BCUT2D eigenvalue weighted by Crippen LogP contribution is 2.32. The minimum absolute atomic E-state index is 0. The van der Waals surface area contributed by atoms with Crippen molar-refractivity contribution in [3.8, 4) is 5.75 Å². The second kappa shape index (κ2) is 9.32. The van der Waals surface area contributed by atoms with E-state index in [1.54, 1.807) is 0 Å². The van der Waals surface area contributed by atoms with Crippen LogP contribution in [0.3, 0.4) is 0 Å². The summed E-state index contributed by atoms with van der Waals surface area (Å²) in [6, 6.07) is 2.77. The van der Waals surface area contributed by atoms with Crippen molar-refractivity contribution in [1.82, 2.24) is 5.32 Å². The molecule has 0 radical (unpaired) electrons. The fraction of sp³-hybridized carbons (Fsp3) is 0.357. The monoisotopic (exact) mass is 338 g/mol. The molecule has 1 aromatic carbocycles. The Balaban J connectivity index is 0.00000441. The predicted octanol–water partition coefficient (Wildman–Crippen LogP) is 2.77. The molecule has 0 spiro atoms. The highest BCUT2D eigenvalue weighted by molar-refractivity contribution is 5.97. The van der Waals surface area contributed by atoms with Gasteiger partial charge in [-0.25, -0.2) is 0 Å². The molecule has 0 saturated carbocycles. The Morgan fingerprint density at radius 1 is 1.41 bits per heavy atom. The van der Waals surface area contributed by atoms with Gasteiger partial charge < -0.3 is 15.8 Å². The Kier molecular flexibility index (Phi) is 8.59. The third-order valence-electron chi connectivity index (χ3n) is 2.57. The summed E-state index contributed by atoms with van der Waals surface area (Å²) < 4.78 is 43.4. The lowest BCUT2D eigenvalue weighted by Crippen LogP contribution is -2.27. The average Bonchev–Trinajstić information content (AvgIpc) is 2.44. The molecule has 1 rings (SSSR count). The Morgan fingerprint density at radius 3 is 2.64 bits per heavy atom. The molecular weight excluding hydrogens is 321 g/mol. The molecule has 0 aliphatic heterocycles. The fourth-order valence-corrected chi connectivity index (χ4v) is 1.56. The fourth-order valence-electron chi connectivity index (χ4n) is 1.56. The lowest BCUT2D eigenvalue weighted by atomic mass is 10.1. The minimum atomic E-state index is -4.52. The quantitative estimate of drug-likeness (QED) is 0.593. The van der Waals surface area contributed by atoms with Crippen LogP contribution in [0, 0.1) is 0 Å². The maximum absolute atomic E-state index is 12.7. The van der Waals surface area contributed by atoms with Crippen molar-refractivity contribution in [3.05, 3.63) is 42.0 Å². The number of carbonyl (C=O) groups is 1. The largest absolute Gasteiger partial charge is 0.489 e. The second-order valence-electron chi connectivity index (χ2n) is 4.21. The maximum Gasteiger partial charge on any atom is 0.416 e. The first-order valence-electron chi connectivity index (χ1n) is 6.33. The molecule has 0 aliphatic carbocycles. The standard InChI is InChI=1S/C14H17F3N2O2.ClH/c1-2-8-21-12-5-4-10(14(15,16)17)9-11(12)13(20)19-7-3-6-18;/h2,4-5,9H,1,3,6-8,18H2,(H,19,20);1H. The van der Waals surface area contributed by atoms with Crippen molar-refractivity contribution in [3.63, 3.8) is 0 Å². The summed E-state index contributed by atoms with van der Waals surface area (Å²) in [5.74, 6) is -0.554. The number of hydrogen-bond acceptors (Lipinski definition) is 3. The molecule has 0 heterocycles. The zero-order valence-corrected chi connectivity index (χ0v) is 12.6. The van der Waals surface area contributed by atoms with Crippen molar-refractivity contribution in [1.29, 1.82) is 0 Å². The number of alkyl halides is 3. The van der Waals surface area contributed by atoms with Crippen LogP contribution in [0.4, 0.5) is 13.2 Å². The summed E-state index contributed by atoms with van der Waals surface area (Å²) in [5.41, 5.74) is 4.23. The molecule has 0 saturated heterocycles. The van der Waals surface area contributed by atoms with E-state index in [0.717, 1.165) is 18.2 Å². The first kappa shape index (κ1) is 20.3. The molecule has 22 heavy (non-hydrogen) atoms. The average molecular weight is 339 g/mol. The van der Waals surface area contributed by atoms with Crippen molar-refractivity contribution >= 4 is 18.3 Å². The van der Waals surface area contributed by atoms with Crippen LogP contribution >= 0.6 is 12.4 Å². The van der Waals surface area contributed by atoms with Gasteiger partial charge in [0.15, 0.2) is 0 Å². The van der Waals surface area contributed by atoms with E-state index in [1.807, 2.05) is 0 Å². The molecule has 1 amide bonds. The van der Waals surface area contributed by atoms with E-state index in [0.29, 0.717) is 13.0 Å². The summed E-state index contributed by atoms with van der Waals surface area (Å²) in [5, 5.41) is 2.50. The van der Waals surface area contributed by atoms with Gasteiger partial charge in [-0.15, -0.1) is 12.4 Å². The van der Waals surface area contributed by atoms with Crippen molar-refractivity contribution < 1.29 is 22.7 Å². The lowest BCUT2D eigenvalue weighted by Gasteiger charge is -2.13. The van der Waals surface area contributed by atoms with Gasteiger partial charge >= 0.3 is 6.18 Å². The number of nitrogens with one attached hydrogen (secondary N) is 1. The summed E-state index contributed by atoms with van der Waals surface area (Å²) >= 11 is 0. The Hall–Kier alpha value is -1.73. The van der Waals surface area contributed by atoms with E-state index in [1.165, 1.54) is 6.08 Å². The van der Waals surface area contributed by atoms with E-state index in [-0.39, 0.29) is 36.9 Å². The minimum Gasteiger partial charge on any atom is -0.489 e. The molecule has 0 unspecified atom stereocenters. The number of amides is 1. The number of nitrogens with two attached hydrogens (primary N) is 1. The molecule has 3 N–H and O–H groups in total. The SMILES string of the molecule is C=CCOc1ccc(C(F)(F)F)cc1C(=O)NCCCN.Cl. The highest BCUT2D eigenvalue weighted by atomic mass is 35.5. The summed E-state index contributed by atoms with van der Waals surface area (Å²) in [6.45, 7) is 4.20. The number of benzene rings is 1. The van der Waals surface area contributed by atoms with Crippen LogP contribution in [0.25, 0.3) is 0 Å². The molecule has 0 aliphatic rings. The Bertz CT molecular complexity index is 507. The van der Waals surface area contributed by atoms with Crippen molar-refractivity contribution in [2.45, 2.75) is 12.6 Å². The van der Waals surface area contributed by atoms with Crippen LogP contribution in [-0.2, 0) is 6.18 Å². The maximum atomic E-state index is 12.7. The smallest absolute Gasteiger partial charge is 0.416 e. The van der Waals surface area contributed by atoms with E-state index in [9.17, 15) is 18.0 Å². The molecule has 1 aromatic rings. The lowest BCUT2D eigenvalue weighted by molar-refractivity contribution is -0.137. The molecule has 4 nitrogen and oxygen atoms in total. The van der Waals surface area contributed by atoms with Crippen LogP contribution in [0.2, 0.25) is 0 Å². The molecule has 0 aromatic heterocycles. The summed E-state index contributed by atoms with van der Waals surface area (Å²) in [6.07, 6.45) is -2.55. The van der Waals surface area contributed by atoms with E-state index in [4.69, 9.17) is 10.5 Å². The van der Waals surface area contributed by atoms with Gasteiger partial charge in [-0.05, 0) is 31.2 Å². The van der Waals surface area contributed by atoms with Gasteiger partial charge in [0.1, 0.15) is 12.4 Å². The van der Waals surface area contributed by atoms with Crippen molar-refractivity contribution in [2.75, 3.05) is 19.7 Å². The Morgan fingerprint density at radius 2 is 2.09 bits per heavy atom. The zero-order chi connectivity index (χ0) is 15.9. The van der Waals surface area contributed by atoms with Gasteiger partial charge in [0.2, 0.25) is 0 Å². The second-order valence-corrected chi connectivity index (χ2v) is 4.21. The van der Waals surface area contributed by atoms with E-state index < -0.39 is 17.6 Å². The van der Waals surface area contributed by atoms with E-state index in [2.05, 4.69) is 11.9 Å². The van der Waals surface area contributed by atoms with Crippen LogP contribution in [0.1, 0.15) is 22.3 Å². The predicted molar refractivity (Wildman–Crippen MR) is 80.4 cm³/mol. The summed E-state index contributed by atoms with van der Waals surface area (Å²) in [7, 11) is 0. The first-order chi connectivity index (χ1) is 9.90. The van der Waals surface area contributed by atoms with Gasteiger partial charge in [-0.1, -0.05) is 12.7 Å². The van der Waals surface area contributed by atoms with Gasteiger partial charge in [0.05, 0.1) is 11.1 Å². The van der Waals surface area contributed by atoms with E-state index >= 15 is 0 Å². The number of carbonyl (C=O) groups excluding carboxylic acids is 1.